The molecule has 1 aromatic heterocycles. The molecule has 1 atom stereocenters. The van der Waals surface area contributed by atoms with E-state index in [0.717, 1.165) is 12.1 Å². The Labute approximate surface area is 95.8 Å². The number of carbonyl (C=O) groups is 1. The van der Waals surface area contributed by atoms with Crippen molar-refractivity contribution in [3.05, 3.63) is 24.2 Å². The number of carbonyl (C=O) groups excluding carboxylic acids is 1. The number of furan rings is 1. The number of rotatable bonds is 5. The van der Waals surface area contributed by atoms with Crippen LogP contribution < -0.4 is 10.6 Å². The van der Waals surface area contributed by atoms with Crippen LogP contribution in [-0.4, -0.2) is 38.1 Å². The molecule has 1 heterocycles. The van der Waals surface area contributed by atoms with Gasteiger partial charge in [0.15, 0.2) is 0 Å². The van der Waals surface area contributed by atoms with E-state index in [9.17, 15) is 4.79 Å². The summed E-state index contributed by atoms with van der Waals surface area (Å²) in [6, 6.07) is 2.09. The van der Waals surface area contributed by atoms with Crippen LogP contribution in [0.1, 0.15) is 18.5 Å². The highest BCUT2D eigenvalue weighted by molar-refractivity contribution is 5.73. The van der Waals surface area contributed by atoms with Crippen molar-refractivity contribution in [2.24, 2.45) is 0 Å². The fourth-order valence-corrected chi connectivity index (χ4v) is 1.26. The first-order valence-electron chi connectivity index (χ1n) is 5.32. The second kappa shape index (κ2) is 6.17. The normalized spacial score (nSPS) is 12.2. The molecule has 1 aromatic rings. The summed E-state index contributed by atoms with van der Waals surface area (Å²) in [6.45, 7) is 3.39. The smallest absolute Gasteiger partial charge is 0.316 e. The molecular weight excluding hydrogens is 206 g/mol. The summed E-state index contributed by atoms with van der Waals surface area (Å²) < 4.78 is 5.00. The Hall–Kier alpha value is -1.49. The zero-order chi connectivity index (χ0) is 12.0. The van der Waals surface area contributed by atoms with Gasteiger partial charge in [0.2, 0.25) is 0 Å². The Morgan fingerprint density at radius 3 is 2.81 bits per heavy atom. The largest absolute Gasteiger partial charge is 0.472 e. The number of amides is 2. The van der Waals surface area contributed by atoms with Gasteiger partial charge in [-0.2, -0.15) is 0 Å². The molecule has 2 N–H and O–H groups in total. The summed E-state index contributed by atoms with van der Waals surface area (Å²) in [5.41, 5.74) is 1.11. The summed E-state index contributed by atoms with van der Waals surface area (Å²) in [4.78, 5) is 12.7. The highest BCUT2D eigenvalue weighted by Gasteiger charge is 2.06. The maximum atomic E-state index is 11.2. The van der Waals surface area contributed by atoms with Crippen LogP contribution in [0.3, 0.4) is 0 Å². The number of hydrogen-bond acceptors (Lipinski definition) is 3. The zero-order valence-electron chi connectivity index (χ0n) is 9.99. The van der Waals surface area contributed by atoms with Crippen LogP contribution in [0.4, 0.5) is 4.79 Å². The van der Waals surface area contributed by atoms with E-state index < -0.39 is 0 Å². The highest BCUT2D eigenvalue weighted by atomic mass is 16.3. The molecule has 90 valence electrons. The molecule has 0 aliphatic carbocycles. The van der Waals surface area contributed by atoms with Gasteiger partial charge in [-0.1, -0.05) is 0 Å². The third-order valence-corrected chi connectivity index (χ3v) is 2.30. The van der Waals surface area contributed by atoms with Gasteiger partial charge in [0.25, 0.3) is 0 Å². The molecule has 2 amide bonds. The first-order valence-corrected chi connectivity index (χ1v) is 5.32. The minimum absolute atomic E-state index is 0.0715. The highest BCUT2D eigenvalue weighted by Crippen LogP contribution is 2.11. The van der Waals surface area contributed by atoms with Crippen molar-refractivity contribution in [1.82, 2.24) is 15.5 Å². The third kappa shape index (κ3) is 3.94. The van der Waals surface area contributed by atoms with Crippen LogP contribution in [-0.2, 0) is 0 Å². The Balaban J connectivity index is 2.14. The van der Waals surface area contributed by atoms with Crippen molar-refractivity contribution in [3.8, 4) is 0 Å². The van der Waals surface area contributed by atoms with Crippen LogP contribution in [0.15, 0.2) is 23.0 Å². The second-order valence-corrected chi connectivity index (χ2v) is 3.86. The Kier molecular flexibility index (Phi) is 4.85. The molecule has 0 aromatic carbocycles. The van der Waals surface area contributed by atoms with Crippen LogP contribution in [0, 0.1) is 0 Å². The van der Waals surface area contributed by atoms with E-state index in [0.29, 0.717) is 6.54 Å². The molecular formula is C11H19N3O2. The maximum Gasteiger partial charge on any atom is 0.316 e. The standard InChI is InChI=1S/C11H19N3O2/c1-9(10-4-7-16-8-10)12-5-6-13-11(15)14(2)3/h4,7-9,12H,5-6H2,1-3H3,(H,13,15). The van der Waals surface area contributed by atoms with Crippen molar-refractivity contribution >= 4 is 6.03 Å². The Morgan fingerprint density at radius 2 is 2.25 bits per heavy atom. The zero-order valence-corrected chi connectivity index (χ0v) is 9.99. The quantitative estimate of drug-likeness (QED) is 0.740. The minimum Gasteiger partial charge on any atom is -0.472 e. The van der Waals surface area contributed by atoms with E-state index in [1.807, 2.05) is 6.07 Å². The fourth-order valence-electron chi connectivity index (χ4n) is 1.26. The third-order valence-electron chi connectivity index (χ3n) is 2.30. The predicted molar refractivity (Wildman–Crippen MR) is 62.2 cm³/mol. The van der Waals surface area contributed by atoms with Gasteiger partial charge in [-0.25, -0.2) is 4.79 Å². The van der Waals surface area contributed by atoms with E-state index in [1.54, 1.807) is 26.6 Å². The monoisotopic (exact) mass is 225 g/mol. The summed E-state index contributed by atoms with van der Waals surface area (Å²) >= 11 is 0. The molecule has 16 heavy (non-hydrogen) atoms. The van der Waals surface area contributed by atoms with Crippen molar-refractivity contribution < 1.29 is 9.21 Å². The molecule has 0 aliphatic rings. The summed E-state index contributed by atoms with van der Waals surface area (Å²) in [7, 11) is 3.44. The van der Waals surface area contributed by atoms with Gasteiger partial charge < -0.3 is 20.0 Å². The molecule has 0 radical (unpaired) electrons. The molecule has 5 heteroatoms. The predicted octanol–water partition coefficient (Wildman–Crippen LogP) is 1.20. The van der Waals surface area contributed by atoms with Gasteiger partial charge in [0.05, 0.1) is 12.5 Å². The molecule has 0 fully saturated rings. The van der Waals surface area contributed by atoms with Gasteiger partial charge in [0.1, 0.15) is 0 Å². The van der Waals surface area contributed by atoms with Gasteiger partial charge >= 0.3 is 6.03 Å². The average Bonchev–Trinajstić information content (AvgIpc) is 2.76. The van der Waals surface area contributed by atoms with Crippen molar-refractivity contribution in [3.63, 3.8) is 0 Å². The Morgan fingerprint density at radius 1 is 1.50 bits per heavy atom. The van der Waals surface area contributed by atoms with Crippen LogP contribution in [0.5, 0.6) is 0 Å². The van der Waals surface area contributed by atoms with E-state index in [1.165, 1.54) is 4.90 Å². The van der Waals surface area contributed by atoms with Crippen molar-refractivity contribution in [1.29, 1.82) is 0 Å². The molecule has 0 aliphatic heterocycles. The second-order valence-electron chi connectivity index (χ2n) is 3.86. The molecule has 1 rings (SSSR count). The first kappa shape index (κ1) is 12.6. The molecule has 5 nitrogen and oxygen atoms in total. The summed E-state index contributed by atoms with van der Waals surface area (Å²) in [5, 5.41) is 6.07. The first-order chi connectivity index (χ1) is 7.61. The summed E-state index contributed by atoms with van der Waals surface area (Å²) in [6.07, 6.45) is 3.37. The van der Waals surface area contributed by atoms with Gasteiger partial charge in [0, 0.05) is 38.8 Å². The fraction of sp³-hybridized carbons (Fsp3) is 0.545. The van der Waals surface area contributed by atoms with Crippen molar-refractivity contribution in [2.45, 2.75) is 13.0 Å². The lowest BCUT2D eigenvalue weighted by Gasteiger charge is -2.14. The van der Waals surface area contributed by atoms with Crippen LogP contribution in [0.2, 0.25) is 0 Å². The van der Waals surface area contributed by atoms with Crippen molar-refractivity contribution in [2.75, 3.05) is 27.2 Å². The molecule has 0 bridgehead atoms. The van der Waals surface area contributed by atoms with Gasteiger partial charge in [-0.05, 0) is 13.0 Å². The molecule has 0 saturated heterocycles. The van der Waals surface area contributed by atoms with E-state index in [-0.39, 0.29) is 12.1 Å². The van der Waals surface area contributed by atoms with Gasteiger partial charge in [-0.3, -0.25) is 0 Å². The molecule has 1 unspecified atom stereocenters. The minimum atomic E-state index is -0.0715. The number of urea groups is 1. The van der Waals surface area contributed by atoms with Gasteiger partial charge in [-0.15, -0.1) is 0 Å². The average molecular weight is 225 g/mol. The lowest BCUT2D eigenvalue weighted by atomic mass is 10.2. The van der Waals surface area contributed by atoms with Crippen LogP contribution in [0.25, 0.3) is 0 Å². The van der Waals surface area contributed by atoms with E-state index >= 15 is 0 Å². The molecule has 0 spiro atoms. The lowest BCUT2D eigenvalue weighted by molar-refractivity contribution is 0.217. The molecule has 0 saturated carbocycles. The van der Waals surface area contributed by atoms with Crippen LogP contribution >= 0.6 is 0 Å². The number of nitrogens with one attached hydrogen (secondary N) is 2. The number of hydrogen-bond donors (Lipinski definition) is 2. The topological polar surface area (TPSA) is 57.5 Å². The SMILES string of the molecule is CC(NCCNC(=O)N(C)C)c1ccoc1. The lowest BCUT2D eigenvalue weighted by Crippen LogP contribution is -2.38. The number of nitrogens with zero attached hydrogens (tertiary/aromatic N) is 1. The maximum absolute atomic E-state index is 11.2. The Bertz CT molecular complexity index is 309. The van der Waals surface area contributed by atoms with E-state index in [2.05, 4.69) is 17.6 Å². The van der Waals surface area contributed by atoms with E-state index in [4.69, 9.17) is 4.42 Å². The summed E-state index contributed by atoms with van der Waals surface area (Å²) in [5.74, 6) is 0.